The van der Waals surface area contributed by atoms with Gasteiger partial charge >= 0.3 is 0 Å². The van der Waals surface area contributed by atoms with Crippen LogP contribution in [0.15, 0.2) is 18.2 Å². The number of hydrogen-bond acceptors (Lipinski definition) is 2. The van der Waals surface area contributed by atoms with Crippen LogP contribution >= 0.6 is 0 Å². The molecule has 1 N–H and O–H groups in total. The molecule has 0 aliphatic carbocycles. The van der Waals surface area contributed by atoms with Gasteiger partial charge in [0.05, 0.1) is 0 Å². The number of halogens is 1. The fraction of sp³-hybridized carbons (Fsp3) is 0.625. The van der Waals surface area contributed by atoms with Gasteiger partial charge in [-0.1, -0.05) is 19.9 Å². The smallest absolute Gasteiger partial charge is 0.123 e. The molecule has 3 heteroatoms. The van der Waals surface area contributed by atoms with Crippen molar-refractivity contribution in [2.75, 3.05) is 19.8 Å². The van der Waals surface area contributed by atoms with Crippen LogP contribution < -0.4 is 5.32 Å². The third kappa shape index (κ3) is 6.17. The van der Waals surface area contributed by atoms with Crippen LogP contribution in [0.1, 0.15) is 37.8 Å². The molecule has 2 rings (SSSR count). The molecule has 1 heterocycles. The third-order valence-electron chi connectivity index (χ3n) is 3.20. The van der Waals surface area contributed by atoms with E-state index in [-0.39, 0.29) is 5.82 Å². The Bertz CT molecular complexity index is 342. The van der Waals surface area contributed by atoms with Crippen molar-refractivity contribution < 1.29 is 9.13 Å². The van der Waals surface area contributed by atoms with E-state index in [4.69, 9.17) is 4.74 Å². The molecule has 0 bridgehead atoms. The summed E-state index contributed by atoms with van der Waals surface area (Å²) in [4.78, 5) is 0. The fourth-order valence-electron chi connectivity index (χ4n) is 2.29. The molecule has 0 atom stereocenters. The highest BCUT2D eigenvalue weighted by Gasteiger charge is 2.12. The Morgan fingerprint density at radius 2 is 1.89 bits per heavy atom. The van der Waals surface area contributed by atoms with Crippen molar-refractivity contribution in [1.82, 2.24) is 5.32 Å². The van der Waals surface area contributed by atoms with Gasteiger partial charge < -0.3 is 10.1 Å². The zero-order valence-corrected chi connectivity index (χ0v) is 12.3. The molecule has 1 aromatic carbocycles. The lowest BCUT2D eigenvalue weighted by molar-refractivity contribution is 0.0662. The second-order valence-electron chi connectivity index (χ2n) is 4.82. The second kappa shape index (κ2) is 9.05. The molecule has 0 amide bonds. The Hall–Kier alpha value is -0.930. The van der Waals surface area contributed by atoms with Crippen LogP contribution in [0.2, 0.25) is 0 Å². The molecule has 1 saturated heterocycles. The second-order valence-corrected chi connectivity index (χ2v) is 4.82. The monoisotopic (exact) mass is 267 g/mol. The van der Waals surface area contributed by atoms with E-state index in [9.17, 15) is 4.39 Å². The molecule has 0 aromatic heterocycles. The maximum Gasteiger partial charge on any atom is 0.123 e. The SMILES string of the molecule is CC.Cc1cc(F)cc(CNCC2CCOCC2)c1. The van der Waals surface area contributed by atoms with E-state index in [0.717, 1.165) is 50.3 Å². The highest BCUT2D eigenvalue weighted by Crippen LogP contribution is 2.14. The summed E-state index contributed by atoms with van der Waals surface area (Å²) in [5.41, 5.74) is 2.00. The molecule has 1 aliphatic heterocycles. The summed E-state index contributed by atoms with van der Waals surface area (Å²) < 4.78 is 18.5. The van der Waals surface area contributed by atoms with Crippen molar-refractivity contribution >= 4 is 0 Å². The summed E-state index contributed by atoms with van der Waals surface area (Å²) in [6.07, 6.45) is 2.27. The van der Waals surface area contributed by atoms with E-state index < -0.39 is 0 Å². The van der Waals surface area contributed by atoms with Gasteiger partial charge in [0.15, 0.2) is 0 Å². The van der Waals surface area contributed by atoms with Crippen molar-refractivity contribution in [2.45, 2.75) is 40.2 Å². The molecule has 108 valence electrons. The Morgan fingerprint density at radius 1 is 1.21 bits per heavy atom. The zero-order chi connectivity index (χ0) is 14.1. The molecule has 1 aromatic rings. The maximum atomic E-state index is 13.2. The van der Waals surface area contributed by atoms with Gasteiger partial charge in [-0.15, -0.1) is 0 Å². The first-order chi connectivity index (χ1) is 9.24. The highest BCUT2D eigenvalue weighted by molar-refractivity contribution is 5.23. The average Bonchev–Trinajstić information content (AvgIpc) is 2.41. The lowest BCUT2D eigenvalue weighted by atomic mass is 10.0. The predicted molar refractivity (Wildman–Crippen MR) is 77.7 cm³/mol. The molecule has 0 saturated carbocycles. The minimum Gasteiger partial charge on any atom is -0.381 e. The summed E-state index contributed by atoms with van der Waals surface area (Å²) in [5, 5.41) is 3.40. The first kappa shape index (κ1) is 16.1. The quantitative estimate of drug-likeness (QED) is 0.898. The minimum atomic E-state index is -0.145. The molecule has 19 heavy (non-hydrogen) atoms. The van der Waals surface area contributed by atoms with E-state index in [2.05, 4.69) is 5.32 Å². The van der Waals surface area contributed by atoms with Crippen LogP contribution in [-0.4, -0.2) is 19.8 Å². The van der Waals surface area contributed by atoms with Crippen LogP contribution in [0.25, 0.3) is 0 Å². The Balaban J connectivity index is 0.000000861. The lowest BCUT2D eigenvalue weighted by Gasteiger charge is -2.22. The average molecular weight is 267 g/mol. The number of nitrogens with one attached hydrogen (secondary N) is 1. The van der Waals surface area contributed by atoms with Crippen LogP contribution in [-0.2, 0) is 11.3 Å². The molecule has 0 radical (unpaired) electrons. The number of rotatable bonds is 4. The van der Waals surface area contributed by atoms with Gasteiger partial charge in [0.2, 0.25) is 0 Å². The molecular weight excluding hydrogens is 241 g/mol. The predicted octanol–water partition coefficient (Wildman–Crippen LogP) is 3.68. The van der Waals surface area contributed by atoms with Crippen LogP contribution in [0.3, 0.4) is 0 Å². The number of benzene rings is 1. The van der Waals surface area contributed by atoms with Gasteiger partial charge in [0.1, 0.15) is 5.82 Å². The van der Waals surface area contributed by atoms with Gasteiger partial charge in [-0.25, -0.2) is 4.39 Å². The highest BCUT2D eigenvalue weighted by atomic mass is 19.1. The van der Waals surface area contributed by atoms with Crippen LogP contribution in [0.4, 0.5) is 4.39 Å². The minimum absolute atomic E-state index is 0.145. The van der Waals surface area contributed by atoms with E-state index in [1.807, 2.05) is 26.8 Å². The van der Waals surface area contributed by atoms with Crippen molar-refractivity contribution in [3.63, 3.8) is 0 Å². The standard InChI is InChI=1S/C14H20FNO.C2H6/c1-11-6-13(8-14(15)7-11)10-16-9-12-2-4-17-5-3-12;1-2/h6-8,12,16H,2-5,9-10H2,1H3;1-2H3. The number of aryl methyl sites for hydroxylation is 1. The van der Waals surface area contributed by atoms with Gasteiger partial charge in [-0.3, -0.25) is 0 Å². The summed E-state index contributed by atoms with van der Waals surface area (Å²) in [7, 11) is 0. The van der Waals surface area contributed by atoms with E-state index in [1.165, 1.54) is 0 Å². The first-order valence-corrected chi connectivity index (χ1v) is 7.28. The fourth-order valence-corrected chi connectivity index (χ4v) is 2.29. The lowest BCUT2D eigenvalue weighted by Crippen LogP contribution is -2.27. The summed E-state index contributed by atoms with van der Waals surface area (Å²) in [5.74, 6) is 0.561. The summed E-state index contributed by atoms with van der Waals surface area (Å²) >= 11 is 0. The molecule has 0 unspecified atom stereocenters. The summed E-state index contributed by atoms with van der Waals surface area (Å²) in [6.45, 7) is 9.43. The normalized spacial score (nSPS) is 15.8. The molecular formula is C16H26FNO. The largest absolute Gasteiger partial charge is 0.381 e. The van der Waals surface area contributed by atoms with Crippen molar-refractivity contribution in [3.05, 3.63) is 35.1 Å². The molecule has 0 spiro atoms. The van der Waals surface area contributed by atoms with Gasteiger partial charge in [-0.2, -0.15) is 0 Å². The van der Waals surface area contributed by atoms with Crippen molar-refractivity contribution in [1.29, 1.82) is 0 Å². The maximum absolute atomic E-state index is 13.2. The van der Waals surface area contributed by atoms with E-state index in [0.29, 0.717) is 5.92 Å². The Labute approximate surface area is 116 Å². The number of ether oxygens (including phenoxy) is 1. The van der Waals surface area contributed by atoms with Gasteiger partial charge in [0.25, 0.3) is 0 Å². The van der Waals surface area contributed by atoms with Crippen molar-refractivity contribution in [3.8, 4) is 0 Å². The first-order valence-electron chi connectivity index (χ1n) is 7.28. The Kier molecular flexibility index (Phi) is 7.68. The zero-order valence-electron chi connectivity index (χ0n) is 12.3. The Morgan fingerprint density at radius 3 is 2.53 bits per heavy atom. The molecule has 1 aliphatic rings. The molecule has 1 fully saturated rings. The molecule has 2 nitrogen and oxygen atoms in total. The topological polar surface area (TPSA) is 21.3 Å². The number of hydrogen-bond donors (Lipinski definition) is 1. The van der Waals surface area contributed by atoms with Crippen molar-refractivity contribution in [2.24, 2.45) is 5.92 Å². The van der Waals surface area contributed by atoms with Gasteiger partial charge in [0, 0.05) is 19.8 Å². The van der Waals surface area contributed by atoms with Gasteiger partial charge in [-0.05, 0) is 55.5 Å². The van der Waals surface area contributed by atoms with E-state index in [1.54, 1.807) is 12.1 Å². The summed E-state index contributed by atoms with van der Waals surface area (Å²) in [6, 6.07) is 5.19. The van der Waals surface area contributed by atoms with Crippen LogP contribution in [0.5, 0.6) is 0 Å². The third-order valence-corrected chi connectivity index (χ3v) is 3.20. The van der Waals surface area contributed by atoms with E-state index >= 15 is 0 Å². The van der Waals surface area contributed by atoms with Crippen LogP contribution in [0, 0.1) is 18.7 Å².